The molecule has 6 aromatic rings. The minimum absolute atomic E-state index is 0.0326. The van der Waals surface area contributed by atoms with Crippen molar-refractivity contribution < 1.29 is 43.2 Å². The number of carbonyl (C=O) groups is 9. The van der Waals surface area contributed by atoms with E-state index in [1.165, 1.54) is 65.7 Å². The highest BCUT2D eigenvalue weighted by Gasteiger charge is 2.22. The highest BCUT2D eigenvalue weighted by molar-refractivity contribution is 6.07. The first kappa shape index (κ1) is 61.2. The molecular formula is C51H70N22O9. The second-order valence-electron chi connectivity index (χ2n) is 19.2. The Morgan fingerprint density at radius 3 is 1.44 bits per heavy atom. The predicted molar refractivity (Wildman–Crippen MR) is 304 cm³/mol. The maximum absolute atomic E-state index is 13.3. The Balaban J connectivity index is 0.886. The third kappa shape index (κ3) is 17.2. The third-order valence-corrected chi connectivity index (χ3v) is 12.4. The van der Waals surface area contributed by atoms with E-state index in [1.807, 2.05) is 7.05 Å². The molecule has 15 N–H and O–H groups in total. The lowest BCUT2D eigenvalue weighted by atomic mass is 10.3. The van der Waals surface area contributed by atoms with Gasteiger partial charge in [0.15, 0.2) is 17.6 Å². The maximum Gasteiger partial charge on any atom is 0.291 e. The van der Waals surface area contributed by atoms with Gasteiger partial charge in [-0.15, -0.1) is 0 Å². The van der Waals surface area contributed by atoms with E-state index in [0.717, 1.165) is 25.9 Å². The van der Waals surface area contributed by atoms with Gasteiger partial charge in [-0.05, 0) is 63.8 Å². The summed E-state index contributed by atoms with van der Waals surface area (Å²) in [6.07, 6.45) is 10.6. The van der Waals surface area contributed by atoms with Crippen LogP contribution in [0.1, 0.15) is 95.3 Å². The van der Waals surface area contributed by atoms with Crippen molar-refractivity contribution in [2.24, 2.45) is 64.5 Å². The Bertz CT molecular complexity index is 3370. The van der Waals surface area contributed by atoms with Gasteiger partial charge in [-0.1, -0.05) is 0 Å². The molecule has 0 aliphatic carbocycles. The number of amides is 9. The molecule has 6 rings (SSSR count). The number of rotatable bonds is 28. The largest absolute Gasteiger partial charge is 0.370 e. The second kappa shape index (κ2) is 28.2. The Hall–Kier alpha value is -10.0. The van der Waals surface area contributed by atoms with Crippen molar-refractivity contribution in [1.29, 1.82) is 0 Å². The van der Waals surface area contributed by atoms with Gasteiger partial charge in [0.1, 0.15) is 22.8 Å². The first-order valence-corrected chi connectivity index (χ1v) is 25.8. The molecule has 0 saturated carbocycles. The molecule has 6 aromatic heterocycles. The summed E-state index contributed by atoms with van der Waals surface area (Å²) in [5, 5.41) is 24.3. The smallest absolute Gasteiger partial charge is 0.291 e. The van der Waals surface area contributed by atoms with Crippen LogP contribution in [0.5, 0.6) is 0 Å². The molecule has 31 heteroatoms. The number of hydrogen-bond acceptors (Lipinski definition) is 14. The molecule has 0 unspecified atom stereocenters. The van der Waals surface area contributed by atoms with Crippen LogP contribution in [0.3, 0.4) is 0 Å². The lowest BCUT2D eigenvalue weighted by molar-refractivity contribution is -0.121. The predicted octanol–water partition coefficient (Wildman–Crippen LogP) is -0.407. The van der Waals surface area contributed by atoms with E-state index in [2.05, 4.69) is 67.7 Å². The van der Waals surface area contributed by atoms with Crippen LogP contribution in [0.2, 0.25) is 0 Å². The quantitative estimate of drug-likeness (QED) is 0.0169. The van der Waals surface area contributed by atoms with E-state index in [1.54, 1.807) is 65.4 Å². The fraction of sp³-hybridized carbons (Fsp3) is 0.373. The van der Waals surface area contributed by atoms with Crippen LogP contribution in [-0.4, -0.2) is 154 Å². The van der Waals surface area contributed by atoms with Gasteiger partial charge in [0.25, 0.3) is 35.4 Å². The van der Waals surface area contributed by atoms with Gasteiger partial charge < -0.3 is 97.4 Å². The molecule has 0 atom stereocenters. The first-order valence-electron chi connectivity index (χ1n) is 25.8. The van der Waals surface area contributed by atoms with Crippen LogP contribution in [0.15, 0.2) is 66.4 Å². The molecule has 0 aromatic carbocycles. The summed E-state index contributed by atoms with van der Waals surface area (Å²) in [6, 6.07) is 5.90. The van der Waals surface area contributed by atoms with Crippen LogP contribution in [-0.2, 0) is 56.7 Å². The Morgan fingerprint density at radius 1 is 0.463 bits per heavy atom. The Morgan fingerprint density at radius 2 is 0.890 bits per heavy atom. The molecule has 0 spiro atoms. The lowest BCUT2D eigenvalue weighted by Crippen LogP contribution is -2.33. The molecular weight excluding hydrogens is 1060 g/mol. The first-order chi connectivity index (χ1) is 39.0. The third-order valence-electron chi connectivity index (χ3n) is 12.4. The molecule has 438 valence electrons. The van der Waals surface area contributed by atoms with Gasteiger partial charge in [-0.25, -0.2) is 15.0 Å². The minimum atomic E-state index is -0.648. The van der Waals surface area contributed by atoms with Gasteiger partial charge in [-0.2, -0.15) is 0 Å². The van der Waals surface area contributed by atoms with Crippen molar-refractivity contribution in [2.45, 2.75) is 32.1 Å². The summed E-state index contributed by atoms with van der Waals surface area (Å²) in [4.78, 5) is 131. The van der Waals surface area contributed by atoms with Crippen molar-refractivity contribution in [3.63, 3.8) is 0 Å². The van der Waals surface area contributed by atoms with Crippen molar-refractivity contribution in [1.82, 2.24) is 63.5 Å². The van der Waals surface area contributed by atoms with E-state index < -0.39 is 47.3 Å². The molecule has 31 nitrogen and oxygen atoms in total. The minimum Gasteiger partial charge on any atom is -0.370 e. The zero-order valence-electron chi connectivity index (χ0n) is 46.6. The highest BCUT2D eigenvalue weighted by Crippen LogP contribution is 2.21. The molecule has 6 heterocycles. The summed E-state index contributed by atoms with van der Waals surface area (Å²) < 4.78 is 8.87. The normalized spacial score (nSPS) is 10.9. The number of carbonyl (C=O) groups excluding carboxylic acids is 9. The van der Waals surface area contributed by atoms with Crippen molar-refractivity contribution >= 4 is 93.5 Å². The molecule has 82 heavy (non-hydrogen) atoms. The number of aromatic nitrogens is 8. The number of nitrogens with one attached hydrogen (secondary N) is 9. The zero-order valence-corrected chi connectivity index (χ0v) is 46.6. The topological polar surface area (TPSA) is 411 Å². The number of imidazole rings is 2. The van der Waals surface area contributed by atoms with Crippen LogP contribution >= 0.6 is 0 Å². The van der Waals surface area contributed by atoms with Gasteiger partial charge >= 0.3 is 0 Å². The number of aliphatic imine (C=N–C) groups is 1. The van der Waals surface area contributed by atoms with Gasteiger partial charge in [0.2, 0.25) is 29.4 Å². The zero-order chi connectivity index (χ0) is 59.8. The van der Waals surface area contributed by atoms with Gasteiger partial charge in [0.05, 0.1) is 22.7 Å². The molecule has 0 aliphatic heterocycles. The van der Waals surface area contributed by atoms with Crippen molar-refractivity contribution in [2.75, 3.05) is 79.4 Å². The second-order valence-corrected chi connectivity index (χ2v) is 19.2. The molecule has 0 saturated heterocycles. The van der Waals surface area contributed by atoms with Crippen LogP contribution < -0.4 is 65.1 Å². The summed E-state index contributed by atoms with van der Waals surface area (Å²) >= 11 is 0. The number of aryl methyl sites for hydroxylation is 6. The number of anilines is 5. The van der Waals surface area contributed by atoms with E-state index in [4.69, 9.17) is 17.2 Å². The number of hydrogen-bond donors (Lipinski definition) is 12. The SMILES string of the molecule is CN(CCCN)CCCNC(=O)CCNC(=O)c1cc(NC(=O)c2cc(NC(=O)CCNC(=O)c3cc(NC(=O)c4nc(NC(=O)CCNC(=O)c5nc(NC(=O)c6cc(N=C(N)N)cn6C)cn5C)cn4C)cn3C)cn2C)cn1C. The van der Waals surface area contributed by atoms with Gasteiger partial charge in [0, 0.05) is 125 Å². The number of nitrogens with two attached hydrogens (primary N) is 3. The summed E-state index contributed by atoms with van der Waals surface area (Å²) in [6.45, 7) is 2.87. The molecule has 9 amide bonds. The van der Waals surface area contributed by atoms with E-state index in [9.17, 15) is 43.2 Å². The summed E-state index contributed by atoms with van der Waals surface area (Å²) in [7, 11) is 11.6. The average molecular weight is 1140 g/mol. The summed E-state index contributed by atoms with van der Waals surface area (Å²) in [5.74, 6) is -4.47. The number of guanidine groups is 1. The average Bonchev–Trinajstić information content (AvgIpc) is 4.43. The fourth-order valence-electron chi connectivity index (χ4n) is 8.29. The fourth-order valence-corrected chi connectivity index (χ4v) is 8.29. The van der Waals surface area contributed by atoms with Crippen LogP contribution in [0, 0.1) is 0 Å². The monoisotopic (exact) mass is 1130 g/mol. The molecule has 0 radical (unpaired) electrons. The van der Waals surface area contributed by atoms with Crippen molar-refractivity contribution in [3.05, 3.63) is 95.9 Å². The molecule has 0 fully saturated rings. The Kier molecular flexibility index (Phi) is 21.0. The van der Waals surface area contributed by atoms with E-state index in [-0.39, 0.29) is 103 Å². The lowest BCUT2D eigenvalue weighted by Gasteiger charge is -2.15. The molecule has 0 bridgehead atoms. The van der Waals surface area contributed by atoms with E-state index in [0.29, 0.717) is 30.2 Å². The van der Waals surface area contributed by atoms with Crippen molar-refractivity contribution in [3.8, 4) is 0 Å². The Labute approximate surface area is 470 Å². The number of nitrogens with zero attached hydrogens (tertiary/aromatic N) is 10. The highest BCUT2D eigenvalue weighted by atomic mass is 16.2. The van der Waals surface area contributed by atoms with Gasteiger partial charge in [-0.3, -0.25) is 43.2 Å². The molecule has 0 aliphatic rings. The summed E-state index contributed by atoms with van der Waals surface area (Å²) in [5.41, 5.74) is 18.6. The maximum atomic E-state index is 13.3. The van der Waals surface area contributed by atoms with E-state index >= 15 is 0 Å². The van der Waals surface area contributed by atoms with Crippen LogP contribution in [0.4, 0.5) is 34.4 Å². The van der Waals surface area contributed by atoms with Crippen LogP contribution in [0.25, 0.3) is 0 Å². The standard InChI is InChI=1S/C51H70N22O9/c1-67(18-8-13-52)19-9-14-55-40(74)10-15-56-45(77)34-21-31(25-68(34)2)60-47(79)36-20-30(24-70(36)4)59-41(75)11-16-57-46(78)35-22-32(26-69(35)3)61-50(82)44-64-38(28-73(44)7)63-42(76)12-17-58-49(81)43-65-39(29-72(43)6)66-48(80)37-23-33(27-71(37)5)62-51(53)54/h20-29H,8-19,52H2,1-7H3,(H,55,74)(H,56,77)(H,57,78)(H,58,81)(H,59,75)(H,60,79)(H,61,82)(H,63,76)(H,66,80)(H4,53,54,62).